The molecule has 1 fully saturated rings. The summed E-state index contributed by atoms with van der Waals surface area (Å²) >= 11 is 5.94. The fourth-order valence-corrected chi connectivity index (χ4v) is 3.46. The molecule has 4 aromatic heterocycles. The third-order valence-corrected chi connectivity index (χ3v) is 5.02. The third kappa shape index (κ3) is 3.62. The molecule has 158 valence electrons. The van der Waals surface area contributed by atoms with Crippen LogP contribution in [0, 0.1) is 0 Å². The fourth-order valence-electron chi connectivity index (χ4n) is 3.31. The van der Waals surface area contributed by atoms with Crippen LogP contribution in [0.15, 0.2) is 46.0 Å². The highest BCUT2D eigenvalue weighted by molar-refractivity contribution is 6.30. The van der Waals surface area contributed by atoms with Crippen molar-refractivity contribution in [2.45, 2.75) is 0 Å². The summed E-state index contributed by atoms with van der Waals surface area (Å²) in [4.78, 5) is 31.4. The zero-order valence-electron chi connectivity index (χ0n) is 16.0. The molecule has 5 rings (SSSR count). The van der Waals surface area contributed by atoms with E-state index >= 15 is 0 Å². The average Bonchev–Trinajstić information content (AvgIpc) is 3.39. The topological polar surface area (TPSA) is 135 Å². The number of rotatable bonds is 4. The number of hydrogen-bond acceptors (Lipinski definition) is 9. The van der Waals surface area contributed by atoms with E-state index in [0.29, 0.717) is 16.4 Å². The Hall–Kier alpha value is -3.77. The summed E-state index contributed by atoms with van der Waals surface area (Å²) in [6.07, 6.45) is 4.70. The molecule has 1 aliphatic heterocycles. The second-order valence-electron chi connectivity index (χ2n) is 6.74. The molecule has 2 N–H and O–H groups in total. The van der Waals surface area contributed by atoms with Gasteiger partial charge in [0.25, 0.3) is 0 Å². The Balaban J connectivity index is 1.41. The van der Waals surface area contributed by atoms with Crippen molar-refractivity contribution < 1.29 is 9.21 Å². The number of nitrogens with one attached hydrogen (secondary N) is 2. The monoisotopic (exact) mass is 441 g/mol. The lowest BCUT2D eigenvalue weighted by Crippen LogP contribution is -2.43. The van der Waals surface area contributed by atoms with Gasteiger partial charge in [-0.15, -0.1) is 14.9 Å². The summed E-state index contributed by atoms with van der Waals surface area (Å²) in [6.45, 7) is 3.31. The number of halogens is 1. The van der Waals surface area contributed by atoms with E-state index in [1.54, 1.807) is 18.5 Å². The maximum atomic E-state index is 12.7. The first-order chi connectivity index (χ1) is 15.1. The zero-order chi connectivity index (χ0) is 21.4. The van der Waals surface area contributed by atoms with Crippen LogP contribution in [0.4, 0.5) is 11.4 Å². The predicted molar refractivity (Wildman–Crippen MR) is 111 cm³/mol. The van der Waals surface area contributed by atoms with E-state index in [2.05, 4.69) is 35.8 Å². The van der Waals surface area contributed by atoms with Gasteiger partial charge in [0.05, 0.1) is 17.6 Å². The van der Waals surface area contributed by atoms with Gasteiger partial charge in [0, 0.05) is 49.7 Å². The number of pyridine rings is 2. The summed E-state index contributed by atoms with van der Waals surface area (Å²) in [5.74, 6) is -0.935. The minimum absolute atomic E-state index is 0.233. The van der Waals surface area contributed by atoms with Gasteiger partial charge >= 0.3 is 23.5 Å². The lowest BCUT2D eigenvalue weighted by Gasteiger charge is -2.30. The van der Waals surface area contributed by atoms with Gasteiger partial charge in [0.15, 0.2) is 5.65 Å². The molecule has 0 aromatic carbocycles. The molecular formula is C18H16ClN9O3. The van der Waals surface area contributed by atoms with E-state index < -0.39 is 11.6 Å². The second-order valence-corrected chi connectivity index (χ2v) is 7.18. The van der Waals surface area contributed by atoms with Gasteiger partial charge in [0.2, 0.25) is 0 Å². The Kier molecular flexibility index (Phi) is 4.84. The van der Waals surface area contributed by atoms with Crippen LogP contribution in [-0.4, -0.2) is 61.4 Å². The molecule has 0 radical (unpaired) electrons. The quantitative estimate of drug-likeness (QED) is 0.466. The molecular weight excluding hydrogens is 426 g/mol. The smallest absolute Gasteiger partial charge is 0.359 e. The van der Waals surface area contributed by atoms with E-state index in [4.69, 9.17) is 16.0 Å². The average molecular weight is 442 g/mol. The number of hydrogen-bond donors (Lipinski definition) is 2. The van der Waals surface area contributed by atoms with Crippen LogP contribution >= 0.6 is 11.6 Å². The fraction of sp³-hybridized carbons (Fsp3) is 0.222. The van der Waals surface area contributed by atoms with E-state index in [1.165, 1.54) is 16.7 Å². The lowest BCUT2D eigenvalue weighted by atomic mass is 10.2. The number of amides is 1. The Bertz CT molecular complexity index is 1320. The van der Waals surface area contributed by atoms with Crippen molar-refractivity contribution in [3.05, 3.63) is 58.2 Å². The van der Waals surface area contributed by atoms with Crippen molar-refractivity contribution >= 4 is 34.5 Å². The van der Waals surface area contributed by atoms with Crippen LogP contribution in [0.25, 0.3) is 11.7 Å². The van der Waals surface area contributed by atoms with Gasteiger partial charge < -0.3 is 20.0 Å². The molecule has 12 nitrogen and oxygen atoms in total. The van der Waals surface area contributed by atoms with Gasteiger partial charge in [-0.25, -0.2) is 9.20 Å². The molecule has 5 heterocycles. The first-order valence-corrected chi connectivity index (χ1v) is 9.80. The minimum atomic E-state index is -0.622. The van der Waals surface area contributed by atoms with Crippen molar-refractivity contribution in [3.8, 4) is 6.01 Å². The van der Waals surface area contributed by atoms with Crippen LogP contribution in [0.2, 0.25) is 5.02 Å². The molecule has 0 unspecified atom stereocenters. The Morgan fingerprint density at radius 2 is 2.06 bits per heavy atom. The van der Waals surface area contributed by atoms with Crippen molar-refractivity contribution in [1.82, 2.24) is 34.7 Å². The van der Waals surface area contributed by atoms with Crippen molar-refractivity contribution in [2.75, 3.05) is 36.4 Å². The molecule has 13 heteroatoms. The summed E-state index contributed by atoms with van der Waals surface area (Å²) in [5.41, 5.74) is 1.14. The summed E-state index contributed by atoms with van der Waals surface area (Å²) in [6, 6.07) is 4.67. The number of fused-ring (bicyclic) bond motifs is 1. The normalized spacial score (nSPS) is 14.2. The van der Waals surface area contributed by atoms with Crippen LogP contribution in [-0.2, 0) is 0 Å². The summed E-state index contributed by atoms with van der Waals surface area (Å²) in [5, 5.41) is 18.1. The number of piperazine rings is 1. The highest BCUT2D eigenvalue weighted by Gasteiger charge is 2.22. The first-order valence-electron chi connectivity index (χ1n) is 9.42. The lowest BCUT2D eigenvalue weighted by molar-refractivity contribution is 0.0989. The highest BCUT2D eigenvalue weighted by atomic mass is 35.5. The molecule has 31 heavy (non-hydrogen) atoms. The van der Waals surface area contributed by atoms with E-state index in [0.717, 1.165) is 36.5 Å². The molecule has 0 bridgehead atoms. The largest absolute Gasteiger partial charge is 0.397 e. The van der Waals surface area contributed by atoms with Crippen LogP contribution in [0.1, 0.15) is 10.7 Å². The number of carbonyl (C=O) groups is 1. The van der Waals surface area contributed by atoms with Crippen LogP contribution < -0.4 is 21.2 Å². The Morgan fingerprint density at radius 1 is 1.23 bits per heavy atom. The van der Waals surface area contributed by atoms with Crippen molar-refractivity contribution in [1.29, 1.82) is 0 Å². The van der Waals surface area contributed by atoms with Gasteiger partial charge in [-0.2, -0.15) is 0 Å². The molecule has 0 atom stereocenters. The molecule has 1 amide bonds. The van der Waals surface area contributed by atoms with Gasteiger partial charge in [0.1, 0.15) is 0 Å². The Morgan fingerprint density at radius 3 is 2.90 bits per heavy atom. The van der Waals surface area contributed by atoms with Gasteiger partial charge in [-0.3, -0.25) is 9.78 Å². The molecule has 0 saturated carbocycles. The zero-order valence-corrected chi connectivity index (χ0v) is 16.8. The first kappa shape index (κ1) is 19.2. The molecule has 0 spiro atoms. The summed E-state index contributed by atoms with van der Waals surface area (Å²) < 4.78 is 7.58. The summed E-state index contributed by atoms with van der Waals surface area (Å²) in [7, 11) is 0. The minimum Gasteiger partial charge on any atom is -0.397 e. The number of anilines is 2. The van der Waals surface area contributed by atoms with Crippen LogP contribution in [0.5, 0.6) is 0 Å². The number of carbonyl (C=O) groups excluding carboxylic acids is 1. The highest BCUT2D eigenvalue weighted by Crippen LogP contribution is 2.25. The molecule has 1 aliphatic rings. The molecule has 0 aliphatic carbocycles. The van der Waals surface area contributed by atoms with Gasteiger partial charge in [-0.1, -0.05) is 16.7 Å². The second kappa shape index (κ2) is 7.81. The standard InChI is InChI=1S/C18H16ClN9O3/c19-11-2-6-27-14(9-11)25-28(18(27)30)17-24-23-16(31-17)15(29)22-12-10-21-3-1-13(12)26-7-4-20-5-8-26/h1-3,6,9-10,20H,4-5,7-8H2,(H,22,29). The predicted octanol–water partition coefficient (Wildman–Crippen LogP) is 0.579. The SMILES string of the molecule is O=C(Nc1cnccc1N1CCNCC1)c1nnc(-n2nc3cc(Cl)ccn3c2=O)o1. The maximum Gasteiger partial charge on any atom is 0.359 e. The maximum absolute atomic E-state index is 12.7. The van der Waals surface area contributed by atoms with Crippen LogP contribution in [0.3, 0.4) is 0 Å². The Labute approximate surface area is 179 Å². The number of aromatic nitrogens is 6. The third-order valence-electron chi connectivity index (χ3n) is 4.78. The van der Waals surface area contributed by atoms with E-state index in [-0.39, 0.29) is 11.9 Å². The van der Waals surface area contributed by atoms with Crippen molar-refractivity contribution in [2.24, 2.45) is 0 Å². The van der Waals surface area contributed by atoms with E-state index in [1.807, 2.05) is 6.07 Å². The van der Waals surface area contributed by atoms with Gasteiger partial charge in [-0.05, 0) is 12.1 Å². The molecule has 4 aromatic rings. The van der Waals surface area contributed by atoms with Crippen molar-refractivity contribution in [3.63, 3.8) is 0 Å². The number of nitrogens with zero attached hydrogens (tertiary/aromatic N) is 7. The van der Waals surface area contributed by atoms with E-state index in [9.17, 15) is 9.59 Å². The molecule has 1 saturated heterocycles.